The van der Waals surface area contributed by atoms with Gasteiger partial charge in [-0.25, -0.2) is 5.53 Å². The molecule has 1 aromatic carbocycles. The Morgan fingerprint density at radius 2 is 2.07 bits per heavy atom. The largest absolute Gasteiger partial charge is 0.282 e. The predicted molar refractivity (Wildman–Crippen MR) is 63.6 cm³/mol. The molecule has 0 saturated heterocycles. The van der Waals surface area contributed by atoms with Gasteiger partial charge in [0.2, 0.25) is 0 Å². The highest BCUT2D eigenvalue weighted by atomic mass is 35.5. The Hall–Kier alpha value is -1.13. The molecule has 0 fully saturated rings. The van der Waals surface area contributed by atoms with Gasteiger partial charge in [0.25, 0.3) is 0 Å². The summed E-state index contributed by atoms with van der Waals surface area (Å²) in [5.41, 5.74) is 8.39. The van der Waals surface area contributed by atoms with Crippen LogP contribution in [0.1, 0.15) is 12.5 Å². The summed E-state index contributed by atoms with van der Waals surface area (Å²) in [6, 6.07) is 7.45. The maximum absolute atomic E-state index is 5.76. The summed E-state index contributed by atoms with van der Waals surface area (Å²) < 4.78 is 0. The summed E-state index contributed by atoms with van der Waals surface area (Å²) in [6.07, 6.45) is 0. The first-order chi connectivity index (χ1) is 6.74. The second-order valence-electron chi connectivity index (χ2n) is 2.58. The molecule has 14 heavy (non-hydrogen) atoms. The number of hydrogen-bond acceptors (Lipinski definition) is 3. The highest BCUT2D eigenvalue weighted by molar-refractivity contribution is 7.78. The standard InChI is InChI=1S/C9H10ClN3S/c1-7(12-13-11-6-14)8-2-4-9(10)5-3-8/h2-6,13H,1H3,(H,11,14). The van der Waals surface area contributed by atoms with Crippen LogP contribution in [0.25, 0.3) is 0 Å². The van der Waals surface area contributed by atoms with Crippen LogP contribution in [0.2, 0.25) is 5.02 Å². The minimum absolute atomic E-state index is 0.714. The first-order valence-corrected chi connectivity index (χ1v) is 4.83. The zero-order valence-electron chi connectivity index (χ0n) is 7.62. The summed E-state index contributed by atoms with van der Waals surface area (Å²) >= 11 is 10.3. The van der Waals surface area contributed by atoms with Gasteiger partial charge in [-0.2, -0.15) is 5.10 Å². The average Bonchev–Trinajstić information content (AvgIpc) is 2.19. The molecule has 0 aliphatic carbocycles. The molecule has 0 spiro atoms. The summed E-state index contributed by atoms with van der Waals surface area (Å²) in [5, 5.41) is 4.74. The van der Waals surface area contributed by atoms with Crippen molar-refractivity contribution in [1.29, 1.82) is 0 Å². The topological polar surface area (TPSA) is 36.4 Å². The smallest absolute Gasteiger partial charge is 0.0823 e. The van der Waals surface area contributed by atoms with Crippen LogP contribution in [0.5, 0.6) is 0 Å². The number of hydrazone groups is 1. The maximum Gasteiger partial charge on any atom is 0.0823 e. The molecule has 0 aliphatic rings. The Kier molecular flexibility index (Phi) is 4.35. The summed E-state index contributed by atoms with van der Waals surface area (Å²) in [5.74, 6) is 0. The normalized spacial score (nSPS) is 10.9. The van der Waals surface area contributed by atoms with Crippen molar-refractivity contribution < 1.29 is 0 Å². The fourth-order valence-corrected chi connectivity index (χ4v) is 1.08. The lowest BCUT2D eigenvalue weighted by molar-refractivity contribution is 0.715. The van der Waals surface area contributed by atoms with Crippen molar-refractivity contribution in [1.82, 2.24) is 11.0 Å². The molecule has 0 unspecified atom stereocenters. The highest BCUT2D eigenvalue weighted by Crippen LogP contribution is 2.09. The van der Waals surface area contributed by atoms with Crippen LogP contribution in [0, 0.1) is 0 Å². The zero-order chi connectivity index (χ0) is 10.4. The van der Waals surface area contributed by atoms with E-state index in [-0.39, 0.29) is 0 Å². The highest BCUT2D eigenvalue weighted by Gasteiger charge is 1.95. The minimum atomic E-state index is 0.714. The fraction of sp³-hybridized carbons (Fsp3) is 0.111. The molecule has 0 radical (unpaired) electrons. The number of nitrogens with one attached hydrogen (secondary N) is 2. The van der Waals surface area contributed by atoms with E-state index in [4.69, 9.17) is 11.6 Å². The van der Waals surface area contributed by atoms with E-state index in [9.17, 15) is 0 Å². The Morgan fingerprint density at radius 3 is 2.64 bits per heavy atom. The van der Waals surface area contributed by atoms with Gasteiger partial charge in [0.1, 0.15) is 0 Å². The van der Waals surface area contributed by atoms with Crippen LogP contribution >= 0.6 is 23.8 Å². The van der Waals surface area contributed by atoms with Gasteiger partial charge in [0.15, 0.2) is 0 Å². The number of hydrazine groups is 1. The SMILES string of the molecule is CC(=NNNC=S)c1ccc(Cl)cc1. The molecule has 0 aromatic heterocycles. The number of hydrogen-bond donors (Lipinski definition) is 2. The molecular weight excluding hydrogens is 218 g/mol. The second-order valence-corrected chi connectivity index (χ2v) is 3.25. The monoisotopic (exact) mass is 227 g/mol. The third-order valence-corrected chi connectivity index (χ3v) is 1.98. The van der Waals surface area contributed by atoms with E-state index in [1.807, 2.05) is 31.2 Å². The van der Waals surface area contributed by atoms with Crippen LogP contribution in [0.3, 0.4) is 0 Å². The maximum atomic E-state index is 5.76. The fourth-order valence-electron chi connectivity index (χ4n) is 0.898. The summed E-state index contributed by atoms with van der Waals surface area (Å²) in [6.45, 7) is 1.89. The van der Waals surface area contributed by atoms with Crippen LogP contribution in [-0.2, 0) is 0 Å². The first kappa shape index (κ1) is 10.9. The van der Waals surface area contributed by atoms with E-state index < -0.39 is 0 Å². The van der Waals surface area contributed by atoms with Gasteiger partial charge < -0.3 is 0 Å². The first-order valence-electron chi connectivity index (χ1n) is 3.98. The van der Waals surface area contributed by atoms with E-state index in [0.29, 0.717) is 5.02 Å². The van der Waals surface area contributed by atoms with Crippen LogP contribution in [-0.4, -0.2) is 11.2 Å². The van der Waals surface area contributed by atoms with Gasteiger partial charge in [-0.3, -0.25) is 5.43 Å². The molecule has 1 rings (SSSR count). The molecule has 2 N–H and O–H groups in total. The molecule has 0 heterocycles. The third kappa shape index (κ3) is 3.32. The van der Waals surface area contributed by atoms with Crippen molar-refractivity contribution in [3.63, 3.8) is 0 Å². The predicted octanol–water partition coefficient (Wildman–Crippen LogP) is 2.12. The van der Waals surface area contributed by atoms with Gasteiger partial charge >= 0.3 is 0 Å². The lowest BCUT2D eigenvalue weighted by Crippen LogP contribution is -2.25. The van der Waals surface area contributed by atoms with Gasteiger partial charge in [0.05, 0.1) is 11.2 Å². The molecule has 0 atom stereocenters. The van der Waals surface area contributed by atoms with Gasteiger partial charge in [-0.05, 0) is 24.6 Å². The number of nitrogens with zero attached hydrogens (tertiary/aromatic N) is 1. The molecular formula is C9H10ClN3S. The van der Waals surface area contributed by atoms with Crippen molar-refractivity contribution in [3.05, 3.63) is 34.9 Å². The third-order valence-electron chi connectivity index (χ3n) is 1.61. The van der Waals surface area contributed by atoms with Gasteiger partial charge in [-0.15, -0.1) is 0 Å². The zero-order valence-corrected chi connectivity index (χ0v) is 9.19. The number of benzene rings is 1. The minimum Gasteiger partial charge on any atom is -0.282 e. The molecule has 74 valence electrons. The average molecular weight is 228 g/mol. The van der Waals surface area contributed by atoms with Crippen molar-refractivity contribution in [3.8, 4) is 0 Å². The summed E-state index contributed by atoms with van der Waals surface area (Å²) in [4.78, 5) is 0. The van der Waals surface area contributed by atoms with E-state index >= 15 is 0 Å². The molecule has 0 aliphatic heterocycles. The van der Waals surface area contributed by atoms with E-state index in [0.717, 1.165) is 11.3 Å². The van der Waals surface area contributed by atoms with Crippen molar-refractivity contribution in [2.45, 2.75) is 6.92 Å². The van der Waals surface area contributed by atoms with E-state index in [1.165, 1.54) is 5.49 Å². The molecule has 3 nitrogen and oxygen atoms in total. The Labute approximate surface area is 93.1 Å². The van der Waals surface area contributed by atoms with E-state index in [1.54, 1.807) is 0 Å². The Morgan fingerprint density at radius 1 is 1.43 bits per heavy atom. The number of halogens is 1. The lowest BCUT2D eigenvalue weighted by atomic mass is 10.1. The number of rotatable bonds is 4. The molecule has 0 amide bonds. The molecule has 0 bridgehead atoms. The van der Waals surface area contributed by atoms with Crippen LogP contribution < -0.4 is 11.0 Å². The molecule has 1 aromatic rings. The van der Waals surface area contributed by atoms with E-state index in [2.05, 4.69) is 28.3 Å². The van der Waals surface area contributed by atoms with Gasteiger partial charge in [-0.1, -0.05) is 36.0 Å². The van der Waals surface area contributed by atoms with Crippen molar-refractivity contribution in [2.24, 2.45) is 5.10 Å². The Balaban J connectivity index is 2.68. The lowest BCUT2D eigenvalue weighted by Gasteiger charge is -2.02. The van der Waals surface area contributed by atoms with Crippen molar-refractivity contribution in [2.75, 3.05) is 0 Å². The molecule has 0 saturated carbocycles. The molecule has 5 heteroatoms. The number of thiocarbonyl (C=S) groups is 1. The van der Waals surface area contributed by atoms with Crippen LogP contribution in [0.4, 0.5) is 0 Å². The summed E-state index contributed by atoms with van der Waals surface area (Å²) in [7, 11) is 0. The van der Waals surface area contributed by atoms with Crippen molar-refractivity contribution >= 4 is 35.0 Å². The van der Waals surface area contributed by atoms with Crippen LogP contribution in [0.15, 0.2) is 29.4 Å². The van der Waals surface area contributed by atoms with Gasteiger partial charge in [0, 0.05) is 5.02 Å². The quantitative estimate of drug-likeness (QED) is 0.358. The Bertz CT molecular complexity index is 334. The second kappa shape index (κ2) is 5.57.